The van der Waals surface area contributed by atoms with E-state index in [0.717, 1.165) is 29.9 Å². The monoisotopic (exact) mass is 434 g/mol. The summed E-state index contributed by atoms with van der Waals surface area (Å²) in [6, 6.07) is 7.40. The van der Waals surface area contributed by atoms with Crippen LogP contribution in [-0.4, -0.2) is 50.4 Å². The van der Waals surface area contributed by atoms with Crippen LogP contribution in [0.3, 0.4) is 0 Å². The number of piperidine rings is 1. The van der Waals surface area contributed by atoms with Crippen molar-refractivity contribution in [3.05, 3.63) is 42.0 Å². The van der Waals surface area contributed by atoms with E-state index in [0.29, 0.717) is 29.6 Å². The average Bonchev–Trinajstić information content (AvgIpc) is 3.34. The molecule has 1 aliphatic heterocycles. The molecule has 2 aliphatic rings. The summed E-state index contributed by atoms with van der Waals surface area (Å²) in [5, 5.41) is 5.69. The number of aromatic nitrogens is 4. The number of carbonyl (C=O) groups is 1. The quantitative estimate of drug-likeness (QED) is 0.651. The molecule has 0 aromatic carbocycles. The summed E-state index contributed by atoms with van der Waals surface area (Å²) in [7, 11) is 0. The number of amides is 1. The summed E-state index contributed by atoms with van der Waals surface area (Å²) < 4.78 is 0. The minimum atomic E-state index is -0.0370. The molecule has 0 radical (unpaired) electrons. The van der Waals surface area contributed by atoms with Gasteiger partial charge >= 0.3 is 0 Å². The Morgan fingerprint density at radius 3 is 2.77 bits per heavy atom. The first-order chi connectivity index (χ1) is 15.2. The van der Waals surface area contributed by atoms with Crippen molar-refractivity contribution in [2.24, 2.45) is 11.8 Å². The second-order valence-corrected chi connectivity index (χ2v) is 9.29. The van der Waals surface area contributed by atoms with E-state index in [9.17, 15) is 4.79 Å². The van der Waals surface area contributed by atoms with Gasteiger partial charge in [0.25, 0.3) is 0 Å². The lowest BCUT2D eigenvalue weighted by Gasteiger charge is -2.41. The number of carbonyl (C=O) groups excluding carboxylic acids is 1. The van der Waals surface area contributed by atoms with Gasteiger partial charge in [-0.05, 0) is 43.4 Å². The van der Waals surface area contributed by atoms with Crippen LogP contribution in [0.1, 0.15) is 32.1 Å². The highest BCUT2D eigenvalue weighted by Gasteiger charge is 2.31. The average molecular weight is 435 g/mol. The topological polar surface area (TPSA) is 83.9 Å². The molecule has 1 aliphatic carbocycles. The van der Waals surface area contributed by atoms with E-state index in [4.69, 9.17) is 0 Å². The number of likely N-dealkylation sites (tertiary alicyclic amines) is 1. The largest absolute Gasteiger partial charge is 0.309 e. The van der Waals surface area contributed by atoms with Crippen LogP contribution in [0, 0.1) is 11.8 Å². The van der Waals surface area contributed by atoms with Gasteiger partial charge in [0.2, 0.25) is 5.91 Å². The lowest BCUT2D eigenvalue weighted by Crippen LogP contribution is -2.44. The zero-order valence-corrected chi connectivity index (χ0v) is 18.2. The minimum absolute atomic E-state index is 0.0370. The number of hydrogen-bond acceptors (Lipinski definition) is 7. The third-order valence-electron chi connectivity index (χ3n) is 6.28. The van der Waals surface area contributed by atoms with Gasteiger partial charge in [-0.25, -0.2) is 15.0 Å². The lowest BCUT2D eigenvalue weighted by atomic mass is 9.75. The smallest absolute Gasteiger partial charge is 0.239 e. The fraction of sp³-hybridized carbons (Fsp3) is 0.435. The molecule has 1 saturated carbocycles. The molecule has 31 heavy (non-hydrogen) atoms. The number of nitrogens with zero attached hydrogens (tertiary/aromatic N) is 5. The molecule has 1 saturated heterocycles. The molecule has 8 heteroatoms. The van der Waals surface area contributed by atoms with Crippen LogP contribution in [0.2, 0.25) is 0 Å². The number of pyridine rings is 1. The van der Waals surface area contributed by atoms with E-state index < -0.39 is 0 Å². The second-order valence-electron chi connectivity index (χ2n) is 8.39. The number of thiazole rings is 1. The second kappa shape index (κ2) is 9.20. The van der Waals surface area contributed by atoms with Gasteiger partial charge < -0.3 is 5.32 Å². The van der Waals surface area contributed by atoms with Crippen LogP contribution in [0.5, 0.6) is 0 Å². The first-order valence-electron chi connectivity index (χ1n) is 11.0. The Hall–Kier alpha value is -2.71. The maximum absolute atomic E-state index is 12.8. The first kappa shape index (κ1) is 20.2. The van der Waals surface area contributed by atoms with E-state index >= 15 is 0 Å². The third-order valence-corrected chi connectivity index (χ3v) is 7.08. The van der Waals surface area contributed by atoms with Crippen molar-refractivity contribution >= 4 is 23.1 Å². The number of rotatable bonds is 5. The van der Waals surface area contributed by atoms with Crippen LogP contribution in [-0.2, 0) is 4.79 Å². The van der Waals surface area contributed by atoms with E-state index in [1.807, 2.05) is 23.6 Å². The van der Waals surface area contributed by atoms with Gasteiger partial charge in [-0.1, -0.05) is 25.3 Å². The van der Waals surface area contributed by atoms with Crippen molar-refractivity contribution in [2.45, 2.75) is 32.1 Å². The maximum Gasteiger partial charge on any atom is 0.239 e. The molecule has 1 N–H and O–H groups in total. The zero-order valence-electron chi connectivity index (χ0n) is 17.4. The van der Waals surface area contributed by atoms with Crippen molar-refractivity contribution < 1.29 is 4.79 Å². The number of anilines is 1. The molecule has 3 aromatic rings. The Balaban J connectivity index is 1.32. The van der Waals surface area contributed by atoms with Gasteiger partial charge in [0.15, 0.2) is 5.82 Å². The van der Waals surface area contributed by atoms with E-state index in [1.54, 1.807) is 18.5 Å². The molecule has 7 nitrogen and oxygen atoms in total. The molecule has 2 atom stereocenters. The van der Waals surface area contributed by atoms with E-state index in [-0.39, 0.29) is 5.91 Å². The normalized spacial score (nSPS) is 21.4. The van der Waals surface area contributed by atoms with Gasteiger partial charge in [-0.2, -0.15) is 0 Å². The predicted molar refractivity (Wildman–Crippen MR) is 122 cm³/mol. The molecule has 2 fully saturated rings. The van der Waals surface area contributed by atoms with Crippen LogP contribution in [0.4, 0.5) is 5.82 Å². The molecule has 3 aromatic heterocycles. The highest BCUT2D eigenvalue weighted by atomic mass is 32.1. The Morgan fingerprint density at radius 1 is 1.06 bits per heavy atom. The number of fused-ring (bicyclic) bond motifs is 1. The van der Waals surface area contributed by atoms with Crippen LogP contribution in [0.25, 0.3) is 22.2 Å². The van der Waals surface area contributed by atoms with Crippen LogP contribution >= 0.6 is 11.3 Å². The SMILES string of the molecule is O=C(CN1CCC2CCCCC2C1)Nc1cc(-c2nccs2)nc(-c2ccccn2)n1. The van der Waals surface area contributed by atoms with Crippen LogP contribution < -0.4 is 5.32 Å². The summed E-state index contributed by atoms with van der Waals surface area (Å²) in [4.78, 5) is 33.1. The van der Waals surface area contributed by atoms with Gasteiger partial charge in [0, 0.05) is 30.4 Å². The van der Waals surface area contributed by atoms with Gasteiger partial charge in [-0.15, -0.1) is 11.3 Å². The number of hydrogen-bond donors (Lipinski definition) is 1. The molecule has 0 bridgehead atoms. The van der Waals surface area contributed by atoms with E-state index in [1.165, 1.54) is 43.4 Å². The maximum atomic E-state index is 12.8. The standard InChI is InChI=1S/C23H26N6OS/c30-21(15-29-11-8-16-5-1-2-6-17(16)14-29)27-20-13-19(23-25-10-12-31-23)26-22(28-20)18-7-3-4-9-24-18/h3-4,7,9-10,12-13,16-17H,1-2,5-6,8,11,14-15H2,(H,26,27,28,30). The predicted octanol–water partition coefficient (Wildman–Crippen LogP) is 4.11. The lowest BCUT2D eigenvalue weighted by molar-refractivity contribution is -0.118. The Kier molecular flexibility index (Phi) is 5.99. The van der Waals surface area contributed by atoms with Gasteiger partial charge in [-0.3, -0.25) is 14.7 Å². The van der Waals surface area contributed by atoms with E-state index in [2.05, 4.69) is 30.2 Å². The van der Waals surface area contributed by atoms with Crippen molar-refractivity contribution in [3.63, 3.8) is 0 Å². The molecule has 4 heterocycles. The molecular weight excluding hydrogens is 408 g/mol. The molecule has 2 unspecified atom stereocenters. The minimum Gasteiger partial charge on any atom is -0.309 e. The summed E-state index contributed by atoms with van der Waals surface area (Å²) >= 11 is 1.50. The summed E-state index contributed by atoms with van der Waals surface area (Å²) in [5.74, 6) is 2.54. The summed E-state index contributed by atoms with van der Waals surface area (Å²) in [5.41, 5.74) is 1.35. The molecule has 1 amide bonds. The molecule has 160 valence electrons. The zero-order chi connectivity index (χ0) is 21.0. The third kappa shape index (κ3) is 4.80. The van der Waals surface area contributed by atoms with Crippen molar-refractivity contribution in [2.75, 3.05) is 25.0 Å². The Morgan fingerprint density at radius 2 is 1.97 bits per heavy atom. The fourth-order valence-electron chi connectivity index (χ4n) is 4.79. The molecular formula is C23H26N6OS. The Bertz CT molecular complexity index is 1030. The van der Waals surface area contributed by atoms with Gasteiger partial charge in [0.1, 0.15) is 22.2 Å². The van der Waals surface area contributed by atoms with Crippen molar-refractivity contribution in [1.82, 2.24) is 24.8 Å². The van der Waals surface area contributed by atoms with Crippen molar-refractivity contribution in [3.8, 4) is 22.2 Å². The summed E-state index contributed by atoms with van der Waals surface area (Å²) in [6.45, 7) is 2.44. The van der Waals surface area contributed by atoms with Gasteiger partial charge in [0.05, 0.1) is 6.54 Å². The number of nitrogens with one attached hydrogen (secondary N) is 1. The fourth-order valence-corrected chi connectivity index (χ4v) is 5.38. The first-order valence-corrected chi connectivity index (χ1v) is 11.8. The Labute approximate surface area is 186 Å². The van der Waals surface area contributed by atoms with Crippen molar-refractivity contribution in [1.29, 1.82) is 0 Å². The molecule has 5 rings (SSSR count). The highest BCUT2D eigenvalue weighted by Crippen LogP contribution is 2.36. The van der Waals surface area contributed by atoms with Crippen LogP contribution in [0.15, 0.2) is 42.0 Å². The highest BCUT2D eigenvalue weighted by molar-refractivity contribution is 7.13. The summed E-state index contributed by atoms with van der Waals surface area (Å²) in [6.07, 6.45) is 10.0. The molecule has 0 spiro atoms.